The van der Waals surface area contributed by atoms with Gasteiger partial charge in [-0.25, -0.2) is 0 Å². The number of nitrogens with one attached hydrogen (secondary N) is 1. The Morgan fingerprint density at radius 3 is 2.43 bits per heavy atom. The maximum atomic E-state index is 5.10. The fourth-order valence-electron chi connectivity index (χ4n) is 0.219. The molecular weight excluding hydrogens is 90.1 g/mol. The minimum atomic E-state index is -0.419. The van der Waals surface area contributed by atoms with Crippen LogP contribution in [0.2, 0.25) is 0 Å². The van der Waals surface area contributed by atoms with Crippen LogP contribution in [0.1, 0.15) is 0 Å². The number of hydrogen-bond acceptors (Lipinski definition) is 3. The molecule has 7 heavy (non-hydrogen) atoms. The highest BCUT2D eigenvalue weighted by atomic mass is 15.1. The quantitative estimate of drug-likeness (QED) is 0.314. The first kappa shape index (κ1) is 6.62. The van der Waals surface area contributed by atoms with Crippen LogP contribution in [0.4, 0.5) is 0 Å². The third kappa shape index (κ3) is 5.62. The van der Waals surface area contributed by atoms with Gasteiger partial charge < -0.3 is 11.5 Å². The molecule has 42 valence electrons. The monoisotopic (exact) mass is 101 g/mol. The molecule has 5 N–H and O–H groups in total. The molecule has 0 radical (unpaired) electrons. The summed E-state index contributed by atoms with van der Waals surface area (Å²) in [6.45, 7) is 4.12. The summed E-state index contributed by atoms with van der Waals surface area (Å²) in [6.07, 6.45) is 1.28. The van der Waals surface area contributed by atoms with Gasteiger partial charge in [0.1, 0.15) is 6.29 Å². The molecule has 0 aliphatic heterocycles. The first-order valence-corrected chi connectivity index (χ1v) is 2.13. The highest BCUT2D eigenvalue weighted by molar-refractivity contribution is 4.69. The maximum Gasteiger partial charge on any atom is 0.107 e. The molecule has 0 saturated heterocycles. The molecule has 3 nitrogen and oxygen atoms in total. The minimum absolute atomic E-state index is 0.419. The van der Waals surface area contributed by atoms with Gasteiger partial charge in [0.15, 0.2) is 0 Å². The van der Waals surface area contributed by atoms with Gasteiger partial charge >= 0.3 is 0 Å². The van der Waals surface area contributed by atoms with Crippen LogP contribution in [0.5, 0.6) is 0 Å². The maximum absolute atomic E-state index is 5.10. The van der Waals surface area contributed by atoms with Crippen LogP contribution in [0.3, 0.4) is 0 Å². The summed E-state index contributed by atoms with van der Waals surface area (Å²) in [5.41, 5.74) is 10.2. The van der Waals surface area contributed by atoms with Gasteiger partial charge in [0.05, 0.1) is 0 Å². The Labute approximate surface area is 43.4 Å². The molecule has 0 aliphatic carbocycles. The van der Waals surface area contributed by atoms with Crippen molar-refractivity contribution < 1.29 is 0 Å². The Hall–Kier alpha value is -0.380. The lowest BCUT2D eigenvalue weighted by Crippen LogP contribution is -2.45. The van der Waals surface area contributed by atoms with E-state index in [0.717, 1.165) is 0 Å². The fourth-order valence-corrected chi connectivity index (χ4v) is 0.219. The number of hydrogen-bond donors (Lipinski definition) is 3. The van der Waals surface area contributed by atoms with Crippen LogP contribution < -0.4 is 16.8 Å². The molecule has 0 amide bonds. The van der Waals surface area contributed by atoms with Crippen molar-refractivity contribution in [3.05, 3.63) is 12.7 Å². The van der Waals surface area contributed by atoms with Crippen molar-refractivity contribution in [3.8, 4) is 0 Å². The summed E-state index contributed by atoms with van der Waals surface area (Å²) in [5, 5.41) is 2.73. The van der Waals surface area contributed by atoms with E-state index in [9.17, 15) is 0 Å². The van der Waals surface area contributed by atoms with E-state index in [1.54, 1.807) is 6.08 Å². The predicted octanol–water partition coefficient (Wildman–Crippen LogP) is -1.04. The molecule has 0 unspecified atom stereocenters. The zero-order valence-corrected chi connectivity index (χ0v) is 4.22. The lowest BCUT2D eigenvalue weighted by Gasteiger charge is -2.02. The van der Waals surface area contributed by atoms with E-state index >= 15 is 0 Å². The summed E-state index contributed by atoms with van der Waals surface area (Å²) in [7, 11) is 0. The van der Waals surface area contributed by atoms with E-state index in [4.69, 9.17) is 11.5 Å². The molecule has 0 bridgehead atoms. The smallest absolute Gasteiger partial charge is 0.107 e. The summed E-state index contributed by atoms with van der Waals surface area (Å²) in [5.74, 6) is 0. The fraction of sp³-hybridized carbons (Fsp3) is 0.500. The third-order valence-corrected chi connectivity index (χ3v) is 0.498. The van der Waals surface area contributed by atoms with Crippen molar-refractivity contribution >= 4 is 0 Å². The van der Waals surface area contributed by atoms with Crippen LogP contribution >= 0.6 is 0 Å². The zero-order valence-electron chi connectivity index (χ0n) is 4.22. The Kier molecular flexibility index (Phi) is 3.59. The lowest BCUT2D eigenvalue weighted by atomic mass is 10.6. The predicted molar refractivity (Wildman–Crippen MR) is 30.4 cm³/mol. The van der Waals surface area contributed by atoms with E-state index in [0.29, 0.717) is 6.54 Å². The molecule has 0 saturated carbocycles. The van der Waals surface area contributed by atoms with Gasteiger partial charge in [-0.1, -0.05) is 6.08 Å². The molecular formula is C4H11N3. The van der Waals surface area contributed by atoms with Crippen LogP contribution in [-0.4, -0.2) is 12.8 Å². The Balaban J connectivity index is 2.81. The molecule has 0 aromatic heterocycles. The van der Waals surface area contributed by atoms with Gasteiger partial charge in [-0.15, -0.1) is 6.58 Å². The normalized spacial score (nSPS) is 9.57. The summed E-state index contributed by atoms with van der Waals surface area (Å²) >= 11 is 0. The topological polar surface area (TPSA) is 64.1 Å². The summed E-state index contributed by atoms with van der Waals surface area (Å²) in [4.78, 5) is 0. The second kappa shape index (κ2) is 3.80. The number of nitrogens with two attached hydrogens (primary N) is 2. The van der Waals surface area contributed by atoms with E-state index in [2.05, 4.69) is 11.9 Å². The van der Waals surface area contributed by atoms with E-state index < -0.39 is 6.29 Å². The van der Waals surface area contributed by atoms with Crippen molar-refractivity contribution in [2.75, 3.05) is 6.54 Å². The van der Waals surface area contributed by atoms with Crippen molar-refractivity contribution in [1.82, 2.24) is 5.32 Å². The van der Waals surface area contributed by atoms with Gasteiger partial charge in [-0.3, -0.25) is 5.32 Å². The van der Waals surface area contributed by atoms with Crippen molar-refractivity contribution in [3.63, 3.8) is 0 Å². The van der Waals surface area contributed by atoms with Crippen LogP contribution in [0.25, 0.3) is 0 Å². The molecule has 3 heteroatoms. The standard InChI is InChI=1S/C4H11N3/c1-2-3-7-4(5)6/h2,4,7H,1,3,5-6H2. The van der Waals surface area contributed by atoms with E-state index in [1.165, 1.54) is 0 Å². The van der Waals surface area contributed by atoms with Crippen LogP contribution in [0.15, 0.2) is 12.7 Å². The molecule has 0 aromatic carbocycles. The summed E-state index contributed by atoms with van der Waals surface area (Å²) < 4.78 is 0. The average Bonchev–Trinajstić information content (AvgIpc) is 1.61. The largest absolute Gasteiger partial charge is 0.304 e. The lowest BCUT2D eigenvalue weighted by molar-refractivity contribution is 0.581. The zero-order chi connectivity index (χ0) is 5.70. The molecule has 0 aromatic rings. The third-order valence-electron chi connectivity index (χ3n) is 0.498. The minimum Gasteiger partial charge on any atom is -0.304 e. The van der Waals surface area contributed by atoms with Gasteiger partial charge in [-0.2, -0.15) is 0 Å². The van der Waals surface area contributed by atoms with E-state index in [1.807, 2.05) is 0 Å². The van der Waals surface area contributed by atoms with Crippen LogP contribution in [0, 0.1) is 0 Å². The van der Waals surface area contributed by atoms with Gasteiger partial charge in [0, 0.05) is 6.54 Å². The Morgan fingerprint density at radius 1 is 1.71 bits per heavy atom. The SMILES string of the molecule is C=CCNC(N)N. The Bertz CT molecular complexity index is 50.9. The second-order valence-corrected chi connectivity index (χ2v) is 1.22. The molecule has 0 rings (SSSR count). The second-order valence-electron chi connectivity index (χ2n) is 1.22. The van der Waals surface area contributed by atoms with Crippen molar-refractivity contribution in [2.24, 2.45) is 11.5 Å². The highest BCUT2D eigenvalue weighted by Crippen LogP contribution is 1.56. The van der Waals surface area contributed by atoms with Gasteiger partial charge in [0.2, 0.25) is 0 Å². The highest BCUT2D eigenvalue weighted by Gasteiger charge is 1.83. The molecule has 0 aliphatic rings. The van der Waals surface area contributed by atoms with Crippen LogP contribution in [-0.2, 0) is 0 Å². The van der Waals surface area contributed by atoms with Crippen molar-refractivity contribution in [1.29, 1.82) is 0 Å². The molecule has 0 spiro atoms. The molecule has 0 heterocycles. The van der Waals surface area contributed by atoms with E-state index in [-0.39, 0.29) is 0 Å². The molecule has 0 atom stereocenters. The van der Waals surface area contributed by atoms with Gasteiger partial charge in [0.25, 0.3) is 0 Å². The summed E-state index contributed by atoms with van der Waals surface area (Å²) in [6, 6.07) is 0. The first-order valence-electron chi connectivity index (χ1n) is 2.13. The molecule has 0 fully saturated rings. The van der Waals surface area contributed by atoms with Crippen molar-refractivity contribution in [2.45, 2.75) is 6.29 Å². The average molecular weight is 101 g/mol. The van der Waals surface area contributed by atoms with Gasteiger partial charge in [-0.05, 0) is 0 Å². The Morgan fingerprint density at radius 2 is 2.29 bits per heavy atom. The number of rotatable bonds is 3. The first-order chi connectivity index (χ1) is 3.27.